The molecule has 1 atom stereocenters. The van der Waals surface area contributed by atoms with Crippen LogP contribution in [-0.2, 0) is 13.0 Å². The molecule has 6 heteroatoms. The molecule has 2 heterocycles. The summed E-state index contributed by atoms with van der Waals surface area (Å²) in [7, 11) is 0. The van der Waals surface area contributed by atoms with E-state index < -0.39 is 0 Å². The lowest BCUT2D eigenvalue weighted by molar-refractivity contribution is 0.176. The Morgan fingerprint density at radius 3 is 3.24 bits per heavy atom. The number of amides is 2. The van der Waals surface area contributed by atoms with Gasteiger partial charge in [0, 0.05) is 45.0 Å². The van der Waals surface area contributed by atoms with Crippen LogP contribution in [0, 0.1) is 17.2 Å². The van der Waals surface area contributed by atoms with E-state index in [0.29, 0.717) is 13.1 Å². The molecule has 2 rings (SSSR count). The SMILES string of the molecule is CCc1nccn1CCCNC(=O)N1CCC[C@@H](C#N)C1. The second-order valence-corrected chi connectivity index (χ2v) is 5.39. The molecule has 1 aliphatic rings. The minimum Gasteiger partial charge on any atom is -0.338 e. The van der Waals surface area contributed by atoms with Gasteiger partial charge in [0.05, 0.1) is 12.0 Å². The topological polar surface area (TPSA) is 74.0 Å². The summed E-state index contributed by atoms with van der Waals surface area (Å²) < 4.78 is 2.12. The predicted octanol–water partition coefficient (Wildman–Crippen LogP) is 1.78. The van der Waals surface area contributed by atoms with Crippen LogP contribution in [0.25, 0.3) is 0 Å². The van der Waals surface area contributed by atoms with Gasteiger partial charge < -0.3 is 14.8 Å². The van der Waals surface area contributed by atoms with E-state index in [4.69, 9.17) is 5.26 Å². The van der Waals surface area contributed by atoms with Crippen molar-refractivity contribution in [1.29, 1.82) is 5.26 Å². The first-order chi connectivity index (χ1) is 10.2. The van der Waals surface area contributed by atoms with Crippen LogP contribution in [0.15, 0.2) is 12.4 Å². The monoisotopic (exact) mass is 289 g/mol. The summed E-state index contributed by atoms with van der Waals surface area (Å²) in [6.07, 6.45) is 7.41. The largest absolute Gasteiger partial charge is 0.338 e. The summed E-state index contributed by atoms with van der Waals surface area (Å²) in [5.74, 6) is 1.07. The molecule has 0 unspecified atom stereocenters. The van der Waals surface area contributed by atoms with Crippen LogP contribution in [0.4, 0.5) is 4.79 Å². The minimum absolute atomic E-state index is 0.0115. The zero-order chi connectivity index (χ0) is 15.1. The number of hydrogen-bond donors (Lipinski definition) is 1. The molecular formula is C15H23N5O. The van der Waals surface area contributed by atoms with Gasteiger partial charge in [-0.25, -0.2) is 9.78 Å². The van der Waals surface area contributed by atoms with Gasteiger partial charge in [-0.2, -0.15) is 5.26 Å². The predicted molar refractivity (Wildman–Crippen MR) is 79.5 cm³/mol. The van der Waals surface area contributed by atoms with E-state index in [1.54, 1.807) is 4.90 Å². The lowest BCUT2D eigenvalue weighted by atomic mass is 10.0. The van der Waals surface area contributed by atoms with Crippen LogP contribution in [0.1, 0.15) is 32.0 Å². The number of nitrogens with one attached hydrogen (secondary N) is 1. The molecule has 2 amide bonds. The average Bonchev–Trinajstić information content (AvgIpc) is 2.98. The number of rotatable bonds is 5. The summed E-state index contributed by atoms with van der Waals surface area (Å²) in [6.45, 7) is 4.91. The third-order valence-corrected chi connectivity index (χ3v) is 3.86. The standard InChI is InChI=1S/C15H23N5O/c1-2-14-17-7-10-19(14)9-4-6-18-15(21)20-8-3-5-13(11-16)12-20/h7,10,13H,2-6,8-9,12H2,1H3,(H,18,21)/t13-/m0/s1. The van der Waals surface area contributed by atoms with Crippen LogP contribution in [0.5, 0.6) is 0 Å². The highest BCUT2D eigenvalue weighted by Crippen LogP contribution is 2.15. The van der Waals surface area contributed by atoms with E-state index >= 15 is 0 Å². The van der Waals surface area contributed by atoms with Gasteiger partial charge in [-0.05, 0) is 19.3 Å². The highest BCUT2D eigenvalue weighted by atomic mass is 16.2. The average molecular weight is 289 g/mol. The molecule has 1 saturated heterocycles. The van der Waals surface area contributed by atoms with E-state index in [2.05, 4.69) is 27.9 Å². The highest BCUT2D eigenvalue weighted by Gasteiger charge is 2.22. The Labute approximate surface area is 125 Å². The quantitative estimate of drug-likeness (QED) is 0.840. The maximum atomic E-state index is 12.0. The van der Waals surface area contributed by atoms with E-state index in [1.807, 2.05) is 12.4 Å². The number of nitriles is 1. The van der Waals surface area contributed by atoms with Crippen molar-refractivity contribution in [2.45, 2.75) is 39.2 Å². The Balaban J connectivity index is 1.69. The second kappa shape index (κ2) is 7.67. The van der Waals surface area contributed by atoms with Crippen molar-refractivity contribution in [3.8, 4) is 6.07 Å². The zero-order valence-electron chi connectivity index (χ0n) is 12.6. The molecule has 0 radical (unpaired) electrons. The molecule has 0 spiro atoms. The lowest BCUT2D eigenvalue weighted by Gasteiger charge is -2.29. The van der Waals surface area contributed by atoms with Gasteiger partial charge in [0.2, 0.25) is 0 Å². The van der Waals surface area contributed by atoms with Crippen molar-refractivity contribution in [2.24, 2.45) is 5.92 Å². The first kappa shape index (κ1) is 15.4. The Hall–Kier alpha value is -2.03. The number of carbonyl (C=O) groups is 1. The van der Waals surface area contributed by atoms with Gasteiger partial charge >= 0.3 is 6.03 Å². The molecule has 0 bridgehead atoms. The van der Waals surface area contributed by atoms with Crippen LogP contribution in [0.3, 0.4) is 0 Å². The molecule has 0 aromatic carbocycles. The van der Waals surface area contributed by atoms with Gasteiger partial charge in [0.15, 0.2) is 0 Å². The summed E-state index contributed by atoms with van der Waals surface area (Å²) in [4.78, 5) is 18.1. The van der Waals surface area contributed by atoms with Crippen molar-refractivity contribution < 1.29 is 4.79 Å². The van der Waals surface area contributed by atoms with Crippen molar-refractivity contribution in [3.05, 3.63) is 18.2 Å². The van der Waals surface area contributed by atoms with E-state index in [1.165, 1.54) is 0 Å². The van der Waals surface area contributed by atoms with Crippen molar-refractivity contribution in [3.63, 3.8) is 0 Å². The number of urea groups is 1. The van der Waals surface area contributed by atoms with Gasteiger partial charge in [0.25, 0.3) is 0 Å². The number of hydrogen-bond acceptors (Lipinski definition) is 3. The number of nitrogens with zero attached hydrogens (tertiary/aromatic N) is 4. The van der Waals surface area contributed by atoms with Crippen molar-refractivity contribution in [1.82, 2.24) is 19.8 Å². The lowest BCUT2D eigenvalue weighted by Crippen LogP contribution is -2.45. The number of carbonyl (C=O) groups excluding carboxylic acids is 1. The molecular weight excluding hydrogens is 266 g/mol. The van der Waals surface area contributed by atoms with Crippen LogP contribution in [0.2, 0.25) is 0 Å². The van der Waals surface area contributed by atoms with Crippen molar-refractivity contribution in [2.75, 3.05) is 19.6 Å². The molecule has 1 aliphatic heterocycles. The molecule has 0 aliphatic carbocycles. The molecule has 1 N–H and O–H groups in total. The number of aromatic nitrogens is 2. The number of likely N-dealkylation sites (tertiary alicyclic amines) is 1. The number of imidazole rings is 1. The Bertz CT molecular complexity index is 504. The van der Waals surface area contributed by atoms with Gasteiger partial charge in [0.1, 0.15) is 5.82 Å². The first-order valence-corrected chi connectivity index (χ1v) is 7.67. The molecule has 21 heavy (non-hydrogen) atoms. The van der Waals surface area contributed by atoms with Crippen LogP contribution in [-0.4, -0.2) is 40.1 Å². The second-order valence-electron chi connectivity index (χ2n) is 5.39. The molecule has 1 fully saturated rings. The zero-order valence-corrected chi connectivity index (χ0v) is 12.6. The van der Waals surface area contributed by atoms with Gasteiger partial charge in [-0.15, -0.1) is 0 Å². The molecule has 0 saturated carbocycles. The van der Waals surface area contributed by atoms with Gasteiger partial charge in [-0.3, -0.25) is 0 Å². The Morgan fingerprint density at radius 1 is 1.62 bits per heavy atom. The fourth-order valence-corrected chi connectivity index (χ4v) is 2.68. The third-order valence-electron chi connectivity index (χ3n) is 3.86. The summed E-state index contributed by atoms with van der Waals surface area (Å²) in [6, 6.07) is 2.21. The molecule has 1 aromatic rings. The smallest absolute Gasteiger partial charge is 0.317 e. The normalized spacial score (nSPS) is 18.3. The fourth-order valence-electron chi connectivity index (χ4n) is 2.68. The minimum atomic E-state index is -0.0451. The van der Waals surface area contributed by atoms with E-state index in [0.717, 1.165) is 44.6 Å². The van der Waals surface area contributed by atoms with Crippen LogP contribution >= 0.6 is 0 Å². The van der Waals surface area contributed by atoms with E-state index in [9.17, 15) is 4.79 Å². The maximum Gasteiger partial charge on any atom is 0.317 e. The highest BCUT2D eigenvalue weighted by molar-refractivity contribution is 5.74. The van der Waals surface area contributed by atoms with Gasteiger partial charge in [-0.1, -0.05) is 6.92 Å². The summed E-state index contributed by atoms with van der Waals surface area (Å²) >= 11 is 0. The first-order valence-electron chi connectivity index (χ1n) is 7.67. The Kier molecular flexibility index (Phi) is 5.61. The fraction of sp³-hybridized carbons (Fsp3) is 0.667. The number of piperidine rings is 1. The molecule has 1 aromatic heterocycles. The van der Waals surface area contributed by atoms with Crippen LogP contribution < -0.4 is 5.32 Å². The maximum absolute atomic E-state index is 12.0. The number of aryl methyl sites for hydroxylation is 2. The Morgan fingerprint density at radius 2 is 2.48 bits per heavy atom. The summed E-state index contributed by atoms with van der Waals surface area (Å²) in [5.41, 5.74) is 0. The van der Waals surface area contributed by atoms with Crippen molar-refractivity contribution >= 4 is 6.03 Å². The summed E-state index contributed by atoms with van der Waals surface area (Å²) in [5, 5.41) is 11.9. The van der Waals surface area contributed by atoms with E-state index in [-0.39, 0.29) is 11.9 Å². The molecule has 6 nitrogen and oxygen atoms in total. The third kappa shape index (κ3) is 4.22. The molecule has 114 valence electrons.